The molecule has 0 saturated carbocycles. The molecule has 0 aliphatic carbocycles. The molecule has 1 aromatic rings. The molecule has 0 aliphatic rings. The van der Waals surface area contributed by atoms with Crippen LogP contribution < -0.4 is 15.4 Å². The molecule has 0 spiro atoms. The number of carbonyl (C=O) groups is 1. The Kier molecular flexibility index (Phi) is 7.09. The molecule has 0 saturated heterocycles. The van der Waals surface area contributed by atoms with E-state index in [1.807, 2.05) is 38.1 Å². The first kappa shape index (κ1) is 16.5. The topological polar surface area (TPSA) is 50.4 Å². The molecule has 1 amide bonds. The van der Waals surface area contributed by atoms with Gasteiger partial charge in [0.1, 0.15) is 5.75 Å². The predicted molar refractivity (Wildman–Crippen MR) is 81.9 cm³/mol. The zero-order valence-corrected chi connectivity index (χ0v) is 12.9. The molecule has 2 atom stereocenters. The first-order valence-electron chi connectivity index (χ1n) is 7.23. The third-order valence-corrected chi connectivity index (χ3v) is 3.29. The maximum Gasteiger partial charge on any atom is 0.234 e. The third kappa shape index (κ3) is 5.61. The van der Waals surface area contributed by atoms with Crippen LogP contribution in [-0.2, 0) is 4.79 Å². The van der Waals surface area contributed by atoms with Crippen molar-refractivity contribution in [1.29, 1.82) is 0 Å². The summed E-state index contributed by atoms with van der Waals surface area (Å²) in [5, 5.41) is 6.21. The zero-order chi connectivity index (χ0) is 15.0. The highest BCUT2D eigenvalue weighted by molar-refractivity contribution is 5.78. The molecule has 1 aromatic carbocycles. The van der Waals surface area contributed by atoms with Crippen molar-refractivity contribution in [2.24, 2.45) is 0 Å². The average Bonchev–Trinajstić information content (AvgIpc) is 2.45. The van der Waals surface area contributed by atoms with Gasteiger partial charge in [0.25, 0.3) is 0 Å². The number of hydrogen-bond acceptors (Lipinski definition) is 3. The monoisotopic (exact) mass is 278 g/mol. The summed E-state index contributed by atoms with van der Waals surface area (Å²) >= 11 is 0. The summed E-state index contributed by atoms with van der Waals surface area (Å²) in [6.45, 7) is 6.52. The molecule has 4 nitrogen and oxygen atoms in total. The van der Waals surface area contributed by atoms with Crippen molar-refractivity contribution in [3.63, 3.8) is 0 Å². The Morgan fingerprint density at radius 2 is 2.10 bits per heavy atom. The Labute approximate surface area is 121 Å². The summed E-state index contributed by atoms with van der Waals surface area (Å²) in [4.78, 5) is 11.8. The van der Waals surface area contributed by atoms with Crippen LogP contribution in [0.3, 0.4) is 0 Å². The van der Waals surface area contributed by atoms with Crippen LogP contribution in [0.4, 0.5) is 0 Å². The molecule has 4 heteroatoms. The van der Waals surface area contributed by atoms with E-state index in [-0.39, 0.29) is 18.0 Å². The van der Waals surface area contributed by atoms with E-state index in [9.17, 15) is 4.79 Å². The van der Waals surface area contributed by atoms with Crippen LogP contribution in [0.5, 0.6) is 5.75 Å². The third-order valence-electron chi connectivity index (χ3n) is 3.29. The smallest absolute Gasteiger partial charge is 0.234 e. The van der Waals surface area contributed by atoms with E-state index in [1.165, 1.54) is 0 Å². The molecular formula is C16H26N2O2. The van der Waals surface area contributed by atoms with Gasteiger partial charge >= 0.3 is 0 Å². The fraction of sp³-hybridized carbons (Fsp3) is 0.562. The second kappa shape index (κ2) is 8.59. The fourth-order valence-corrected chi connectivity index (χ4v) is 2.11. The molecule has 0 bridgehead atoms. The van der Waals surface area contributed by atoms with Gasteiger partial charge < -0.3 is 15.4 Å². The Balaban J connectivity index is 2.42. The normalized spacial score (nSPS) is 13.6. The number of ether oxygens (including phenoxy) is 1. The number of methoxy groups -OCH3 is 1. The second-order valence-corrected chi connectivity index (χ2v) is 5.14. The van der Waals surface area contributed by atoms with Gasteiger partial charge in [-0.05, 0) is 38.0 Å². The highest BCUT2D eigenvalue weighted by Crippen LogP contribution is 2.18. The minimum Gasteiger partial charge on any atom is -0.497 e. The summed E-state index contributed by atoms with van der Waals surface area (Å²) in [5.74, 6) is 0.873. The van der Waals surface area contributed by atoms with Crippen LogP contribution in [0.1, 0.15) is 45.2 Å². The molecule has 0 fully saturated rings. The Hall–Kier alpha value is -1.55. The quantitative estimate of drug-likeness (QED) is 0.768. The minimum atomic E-state index is 0.0423. The van der Waals surface area contributed by atoms with Crippen LogP contribution in [0.15, 0.2) is 24.3 Å². The van der Waals surface area contributed by atoms with Gasteiger partial charge in [0, 0.05) is 12.1 Å². The summed E-state index contributed by atoms with van der Waals surface area (Å²) < 4.78 is 5.20. The van der Waals surface area contributed by atoms with Crippen molar-refractivity contribution >= 4 is 5.91 Å². The van der Waals surface area contributed by atoms with E-state index in [2.05, 4.69) is 17.6 Å². The van der Waals surface area contributed by atoms with Crippen molar-refractivity contribution in [1.82, 2.24) is 10.6 Å². The lowest BCUT2D eigenvalue weighted by molar-refractivity contribution is -0.121. The number of carbonyl (C=O) groups excluding carboxylic acids is 1. The molecule has 0 radical (unpaired) electrons. The predicted octanol–water partition coefficient (Wildman–Crippen LogP) is 2.65. The Morgan fingerprint density at radius 3 is 2.75 bits per heavy atom. The highest BCUT2D eigenvalue weighted by Gasteiger charge is 2.10. The largest absolute Gasteiger partial charge is 0.497 e. The van der Waals surface area contributed by atoms with Crippen molar-refractivity contribution < 1.29 is 9.53 Å². The van der Waals surface area contributed by atoms with Crippen LogP contribution >= 0.6 is 0 Å². The Bertz CT molecular complexity index is 421. The molecule has 0 aliphatic heterocycles. The number of benzene rings is 1. The first-order chi connectivity index (χ1) is 9.56. The van der Waals surface area contributed by atoms with E-state index in [4.69, 9.17) is 4.74 Å². The molecule has 1 rings (SSSR count). The van der Waals surface area contributed by atoms with Gasteiger partial charge in [-0.3, -0.25) is 4.79 Å². The summed E-state index contributed by atoms with van der Waals surface area (Å²) in [7, 11) is 1.65. The molecule has 112 valence electrons. The highest BCUT2D eigenvalue weighted by atomic mass is 16.5. The van der Waals surface area contributed by atoms with E-state index < -0.39 is 0 Å². The van der Waals surface area contributed by atoms with Crippen LogP contribution in [0, 0.1) is 0 Å². The van der Waals surface area contributed by atoms with Crippen LogP contribution in [0.2, 0.25) is 0 Å². The molecule has 1 unspecified atom stereocenters. The minimum absolute atomic E-state index is 0.0423. The fourth-order valence-electron chi connectivity index (χ4n) is 2.11. The standard InChI is InChI=1S/C16H26N2O2/c1-5-7-12(2)18-16(19)11-17-13(3)14-8-6-9-15(10-14)20-4/h6,8-10,12-13,17H,5,7,11H2,1-4H3,(H,18,19)/t12?,13-/m0/s1. The number of amides is 1. The van der Waals surface area contributed by atoms with Gasteiger partial charge in [-0.1, -0.05) is 25.5 Å². The van der Waals surface area contributed by atoms with Gasteiger partial charge in [-0.15, -0.1) is 0 Å². The van der Waals surface area contributed by atoms with Crippen molar-refractivity contribution in [3.05, 3.63) is 29.8 Å². The van der Waals surface area contributed by atoms with Gasteiger partial charge in [-0.25, -0.2) is 0 Å². The lowest BCUT2D eigenvalue weighted by Crippen LogP contribution is -2.39. The summed E-state index contributed by atoms with van der Waals surface area (Å²) in [5.41, 5.74) is 1.11. The van der Waals surface area contributed by atoms with E-state index in [0.29, 0.717) is 6.54 Å². The summed E-state index contributed by atoms with van der Waals surface area (Å²) in [6.07, 6.45) is 2.09. The molecular weight excluding hydrogens is 252 g/mol. The van der Waals surface area contributed by atoms with Crippen LogP contribution in [-0.4, -0.2) is 25.6 Å². The SMILES string of the molecule is CCCC(C)NC(=O)CN[C@@H](C)c1cccc(OC)c1. The number of nitrogens with one attached hydrogen (secondary N) is 2. The maximum atomic E-state index is 11.8. The maximum absolute atomic E-state index is 11.8. The summed E-state index contributed by atoms with van der Waals surface area (Å²) in [6, 6.07) is 8.22. The van der Waals surface area contributed by atoms with E-state index in [1.54, 1.807) is 7.11 Å². The zero-order valence-electron chi connectivity index (χ0n) is 12.9. The molecule has 20 heavy (non-hydrogen) atoms. The molecule has 0 heterocycles. The van der Waals surface area contributed by atoms with Crippen LogP contribution in [0.25, 0.3) is 0 Å². The van der Waals surface area contributed by atoms with Crippen molar-refractivity contribution in [2.75, 3.05) is 13.7 Å². The average molecular weight is 278 g/mol. The van der Waals surface area contributed by atoms with E-state index >= 15 is 0 Å². The molecule has 0 aromatic heterocycles. The van der Waals surface area contributed by atoms with Gasteiger partial charge in [0.05, 0.1) is 13.7 Å². The van der Waals surface area contributed by atoms with Gasteiger partial charge in [0.2, 0.25) is 5.91 Å². The first-order valence-corrected chi connectivity index (χ1v) is 7.23. The lowest BCUT2D eigenvalue weighted by Gasteiger charge is -2.17. The number of rotatable bonds is 8. The van der Waals surface area contributed by atoms with Crippen molar-refractivity contribution in [2.45, 2.75) is 45.7 Å². The Morgan fingerprint density at radius 1 is 1.35 bits per heavy atom. The lowest BCUT2D eigenvalue weighted by atomic mass is 10.1. The number of hydrogen-bond donors (Lipinski definition) is 2. The van der Waals surface area contributed by atoms with Crippen molar-refractivity contribution in [3.8, 4) is 5.75 Å². The van der Waals surface area contributed by atoms with Gasteiger partial charge in [-0.2, -0.15) is 0 Å². The second-order valence-electron chi connectivity index (χ2n) is 5.14. The van der Waals surface area contributed by atoms with Gasteiger partial charge in [0.15, 0.2) is 0 Å². The van der Waals surface area contributed by atoms with E-state index in [0.717, 1.165) is 24.2 Å². The molecule has 2 N–H and O–H groups in total.